The van der Waals surface area contributed by atoms with E-state index in [9.17, 15) is 35.9 Å². The maximum atomic E-state index is 12.6. The largest absolute Gasteiger partial charge is 0.573 e. The minimum atomic E-state index is -4.76. The lowest BCUT2D eigenvalue weighted by Crippen LogP contribution is -2.45. The van der Waals surface area contributed by atoms with Gasteiger partial charge in [-0.05, 0) is 60.9 Å². The van der Waals surface area contributed by atoms with Gasteiger partial charge in [0.2, 0.25) is 5.91 Å². The summed E-state index contributed by atoms with van der Waals surface area (Å²) >= 11 is 0. The predicted molar refractivity (Wildman–Crippen MR) is 114 cm³/mol. The maximum absolute atomic E-state index is 12.6. The lowest BCUT2D eigenvalue weighted by Gasteiger charge is -2.33. The molecule has 2 amide bonds. The Balaban J connectivity index is 0.000000253. The van der Waals surface area contributed by atoms with Crippen LogP contribution in [0.25, 0.3) is 0 Å². The Morgan fingerprint density at radius 3 is 1.86 bits per heavy atom. The monoisotopic (exact) mass is 521 g/mol. The Hall–Kier alpha value is -3.84. The third kappa shape index (κ3) is 7.33. The molecule has 0 radical (unpaired) electrons. The molecule has 2 aliphatic rings. The molecule has 0 saturated carbocycles. The first-order chi connectivity index (χ1) is 16.7. The Labute approximate surface area is 200 Å². The number of nitrogens with zero attached hydrogens (tertiary/aromatic N) is 2. The van der Waals surface area contributed by atoms with Crippen molar-refractivity contribution >= 4 is 23.4 Å². The Bertz CT molecular complexity index is 1060. The molecule has 3 N–H and O–H groups in total. The van der Waals surface area contributed by atoms with Gasteiger partial charge in [-0.2, -0.15) is 0 Å². The van der Waals surface area contributed by atoms with Crippen molar-refractivity contribution in [1.82, 2.24) is 4.90 Å². The standard InChI is InChI=1S/C15H15F3N2O4.C7H6F3NO/c16-15(17,18)24-11-3-1-10(2-4-11)20-6-5-9-7-19(14(22)23)8-12(9)13(20)21;8-7(9,10)12-6-3-1-5(11)2-4-6/h1-4,9,12H,5-8H2,(H,22,23);1-4H,11H2/t9-,12+;/m0./s1. The van der Waals surface area contributed by atoms with Crippen molar-refractivity contribution in [2.45, 2.75) is 19.1 Å². The first-order valence-corrected chi connectivity index (χ1v) is 10.5. The van der Waals surface area contributed by atoms with E-state index < -0.39 is 24.7 Å². The average molecular weight is 521 g/mol. The van der Waals surface area contributed by atoms with Crippen molar-refractivity contribution in [3.8, 4) is 11.5 Å². The second-order valence-electron chi connectivity index (χ2n) is 7.99. The molecule has 2 aromatic rings. The number of nitrogen functional groups attached to an aromatic ring is 1. The summed E-state index contributed by atoms with van der Waals surface area (Å²) in [5.74, 6) is -1.22. The third-order valence-corrected chi connectivity index (χ3v) is 5.51. The summed E-state index contributed by atoms with van der Waals surface area (Å²) in [5, 5.41) is 9.05. The van der Waals surface area contributed by atoms with Crippen LogP contribution in [0.1, 0.15) is 6.42 Å². The number of hydrogen-bond donors (Lipinski definition) is 2. The van der Waals surface area contributed by atoms with Gasteiger partial charge in [-0.3, -0.25) is 4.79 Å². The molecule has 0 bridgehead atoms. The fourth-order valence-electron chi connectivity index (χ4n) is 3.96. The molecule has 2 atom stereocenters. The van der Waals surface area contributed by atoms with Gasteiger partial charge in [0.15, 0.2) is 0 Å². The number of alkyl halides is 6. The van der Waals surface area contributed by atoms with Crippen LogP contribution in [0.3, 0.4) is 0 Å². The average Bonchev–Trinajstić information content (AvgIpc) is 3.21. The maximum Gasteiger partial charge on any atom is 0.573 e. The Kier molecular flexibility index (Phi) is 7.74. The van der Waals surface area contributed by atoms with Crippen LogP contribution < -0.4 is 20.1 Å². The molecule has 14 heteroatoms. The first-order valence-electron chi connectivity index (χ1n) is 10.5. The summed E-state index contributed by atoms with van der Waals surface area (Å²) in [6.45, 7) is 0.912. The van der Waals surface area contributed by atoms with Crippen LogP contribution in [0, 0.1) is 11.8 Å². The van der Waals surface area contributed by atoms with Crippen LogP contribution in [-0.2, 0) is 4.79 Å². The number of hydrogen-bond acceptors (Lipinski definition) is 5. The molecule has 2 aliphatic heterocycles. The molecule has 36 heavy (non-hydrogen) atoms. The van der Waals surface area contributed by atoms with E-state index in [1.807, 2.05) is 0 Å². The summed E-state index contributed by atoms with van der Waals surface area (Å²) in [6, 6.07) is 10.1. The third-order valence-electron chi connectivity index (χ3n) is 5.51. The number of carbonyl (C=O) groups is 2. The van der Waals surface area contributed by atoms with Gasteiger partial charge < -0.3 is 30.1 Å². The van der Waals surface area contributed by atoms with Gasteiger partial charge in [0, 0.05) is 31.0 Å². The molecule has 0 aromatic heterocycles. The Morgan fingerprint density at radius 2 is 1.39 bits per heavy atom. The van der Waals surface area contributed by atoms with Crippen molar-refractivity contribution < 1.29 is 50.5 Å². The summed E-state index contributed by atoms with van der Waals surface area (Å²) in [4.78, 5) is 26.4. The molecule has 8 nitrogen and oxygen atoms in total. The number of fused-ring (bicyclic) bond motifs is 1. The number of likely N-dealkylation sites (tertiary alicyclic amines) is 1. The summed E-state index contributed by atoms with van der Waals surface area (Å²) in [5.41, 5.74) is 6.12. The van der Waals surface area contributed by atoms with Gasteiger partial charge in [-0.25, -0.2) is 4.79 Å². The number of carbonyl (C=O) groups excluding carboxylic acids is 1. The van der Waals surface area contributed by atoms with Gasteiger partial charge >= 0.3 is 18.8 Å². The zero-order valence-electron chi connectivity index (χ0n) is 18.4. The molecule has 2 aromatic carbocycles. The van der Waals surface area contributed by atoms with E-state index in [0.29, 0.717) is 30.9 Å². The molecular weight excluding hydrogens is 500 g/mol. The Morgan fingerprint density at radius 1 is 0.889 bits per heavy atom. The fraction of sp³-hybridized carbons (Fsp3) is 0.364. The van der Waals surface area contributed by atoms with Gasteiger partial charge in [0.25, 0.3) is 0 Å². The number of benzene rings is 2. The zero-order valence-corrected chi connectivity index (χ0v) is 18.4. The number of rotatable bonds is 3. The van der Waals surface area contributed by atoms with E-state index in [4.69, 9.17) is 10.8 Å². The van der Waals surface area contributed by atoms with Crippen LogP contribution in [0.5, 0.6) is 11.5 Å². The summed E-state index contributed by atoms with van der Waals surface area (Å²) in [7, 11) is 0. The molecule has 2 heterocycles. The summed E-state index contributed by atoms with van der Waals surface area (Å²) in [6.07, 6.45) is -9.80. The van der Waals surface area contributed by atoms with Crippen molar-refractivity contribution in [2.75, 3.05) is 30.3 Å². The zero-order chi connectivity index (χ0) is 26.7. The van der Waals surface area contributed by atoms with Crippen LogP contribution in [0.2, 0.25) is 0 Å². The molecular formula is C22H21F6N3O5. The van der Waals surface area contributed by atoms with Gasteiger partial charge in [-0.1, -0.05) is 0 Å². The quantitative estimate of drug-likeness (QED) is 0.448. The predicted octanol–water partition coefficient (Wildman–Crippen LogP) is 4.72. The smallest absolute Gasteiger partial charge is 0.465 e. The number of halogens is 6. The lowest BCUT2D eigenvalue weighted by atomic mass is 9.87. The fourth-order valence-corrected chi connectivity index (χ4v) is 3.96. The second-order valence-corrected chi connectivity index (χ2v) is 7.99. The minimum Gasteiger partial charge on any atom is -0.465 e. The SMILES string of the molecule is Nc1ccc(OC(F)(F)F)cc1.O=C(O)N1C[C@@H]2CCN(c3ccc(OC(F)(F)F)cc3)C(=O)[C@@H]2C1. The molecule has 4 rings (SSSR count). The minimum absolute atomic E-state index is 0.00214. The van der Waals surface area contributed by atoms with E-state index in [1.165, 1.54) is 34.1 Å². The lowest BCUT2D eigenvalue weighted by molar-refractivity contribution is -0.275. The van der Waals surface area contributed by atoms with E-state index in [-0.39, 0.29) is 29.9 Å². The van der Waals surface area contributed by atoms with Crippen LogP contribution in [-0.4, -0.2) is 54.4 Å². The molecule has 0 unspecified atom stereocenters. The highest BCUT2D eigenvalue weighted by molar-refractivity contribution is 5.96. The van der Waals surface area contributed by atoms with Crippen molar-refractivity contribution in [2.24, 2.45) is 11.8 Å². The van der Waals surface area contributed by atoms with Crippen LogP contribution in [0.4, 0.5) is 42.5 Å². The molecule has 196 valence electrons. The van der Waals surface area contributed by atoms with Crippen LogP contribution in [0.15, 0.2) is 48.5 Å². The second kappa shape index (κ2) is 10.4. The highest BCUT2D eigenvalue weighted by Crippen LogP contribution is 2.35. The number of nitrogens with two attached hydrogens (primary N) is 1. The van der Waals surface area contributed by atoms with E-state index in [1.54, 1.807) is 0 Å². The highest BCUT2D eigenvalue weighted by atomic mass is 19.4. The van der Waals surface area contributed by atoms with Crippen molar-refractivity contribution in [3.05, 3.63) is 48.5 Å². The number of piperidine rings is 1. The van der Waals surface area contributed by atoms with Gasteiger partial charge in [-0.15, -0.1) is 26.3 Å². The molecule has 0 spiro atoms. The molecule has 0 aliphatic carbocycles. The topological polar surface area (TPSA) is 105 Å². The number of carboxylic acid groups (broad SMARTS) is 1. The number of amides is 2. The van der Waals surface area contributed by atoms with Gasteiger partial charge in [0.05, 0.1) is 5.92 Å². The molecule has 2 saturated heterocycles. The van der Waals surface area contributed by atoms with Gasteiger partial charge in [0.1, 0.15) is 11.5 Å². The number of anilines is 2. The molecule has 2 fully saturated rings. The van der Waals surface area contributed by atoms with Crippen LogP contribution >= 0.6 is 0 Å². The normalized spacial score (nSPS) is 19.8. The van der Waals surface area contributed by atoms with E-state index in [2.05, 4.69) is 9.47 Å². The number of ether oxygens (including phenoxy) is 2. The van der Waals surface area contributed by atoms with E-state index >= 15 is 0 Å². The van der Waals surface area contributed by atoms with Crippen molar-refractivity contribution in [1.29, 1.82) is 0 Å². The van der Waals surface area contributed by atoms with E-state index in [0.717, 1.165) is 24.3 Å². The first kappa shape index (κ1) is 26.8. The summed E-state index contributed by atoms with van der Waals surface area (Å²) < 4.78 is 78.7. The highest BCUT2D eigenvalue weighted by Gasteiger charge is 2.44. The van der Waals surface area contributed by atoms with Crippen molar-refractivity contribution in [3.63, 3.8) is 0 Å².